The fourth-order valence-electron chi connectivity index (χ4n) is 1.70. The number of thiophene rings is 1. The average Bonchev–Trinajstić information content (AvgIpc) is 3.14. The van der Waals surface area contributed by atoms with Gasteiger partial charge in [-0.25, -0.2) is 4.79 Å². The van der Waals surface area contributed by atoms with Crippen LogP contribution < -0.4 is 0 Å². The highest BCUT2D eigenvalue weighted by molar-refractivity contribution is 7.08. The van der Waals surface area contributed by atoms with E-state index in [9.17, 15) is 9.59 Å². The lowest BCUT2D eigenvalue weighted by Crippen LogP contribution is -2.50. The molecule has 1 amide bonds. The minimum absolute atomic E-state index is 0.110. The Hall–Kier alpha value is -2.22. The number of aromatic nitrogens is 2. The zero-order valence-electron chi connectivity index (χ0n) is 12.6. The van der Waals surface area contributed by atoms with E-state index in [-0.39, 0.29) is 18.7 Å². The van der Waals surface area contributed by atoms with Crippen LogP contribution in [0.4, 0.5) is 0 Å². The van der Waals surface area contributed by atoms with Gasteiger partial charge in [-0.2, -0.15) is 16.3 Å². The molecular formula is C14H17N3O4S. The zero-order chi connectivity index (χ0) is 16.3. The molecule has 0 atom stereocenters. The molecule has 2 aromatic rings. The van der Waals surface area contributed by atoms with E-state index >= 15 is 0 Å². The van der Waals surface area contributed by atoms with Crippen LogP contribution in [-0.4, -0.2) is 44.6 Å². The van der Waals surface area contributed by atoms with Gasteiger partial charge in [-0.1, -0.05) is 5.16 Å². The summed E-state index contributed by atoms with van der Waals surface area (Å²) in [4.78, 5) is 28.7. The van der Waals surface area contributed by atoms with Crippen molar-refractivity contribution >= 4 is 23.2 Å². The fraction of sp³-hybridized carbons (Fsp3) is 0.429. The normalized spacial score (nSPS) is 11.4. The van der Waals surface area contributed by atoms with E-state index in [4.69, 9.17) is 9.63 Å². The molecule has 22 heavy (non-hydrogen) atoms. The number of carbonyl (C=O) groups excluding carboxylic acids is 1. The Morgan fingerprint density at radius 1 is 1.45 bits per heavy atom. The van der Waals surface area contributed by atoms with Crippen molar-refractivity contribution in [3.8, 4) is 11.4 Å². The number of hydrogen-bond acceptors (Lipinski definition) is 6. The Bertz CT molecular complexity index is 663. The van der Waals surface area contributed by atoms with E-state index in [0.717, 1.165) is 5.56 Å². The van der Waals surface area contributed by atoms with Gasteiger partial charge < -0.3 is 14.5 Å². The van der Waals surface area contributed by atoms with Crippen molar-refractivity contribution < 1.29 is 19.2 Å². The van der Waals surface area contributed by atoms with Gasteiger partial charge >= 0.3 is 5.97 Å². The van der Waals surface area contributed by atoms with E-state index in [1.807, 2.05) is 16.8 Å². The maximum absolute atomic E-state index is 12.1. The number of nitrogens with zero attached hydrogens (tertiary/aromatic N) is 3. The van der Waals surface area contributed by atoms with Crippen molar-refractivity contribution in [2.24, 2.45) is 0 Å². The predicted octanol–water partition coefficient (Wildman–Crippen LogP) is 2.05. The molecule has 1 N–H and O–H groups in total. The number of amides is 1. The number of aryl methyl sites for hydroxylation is 1. The van der Waals surface area contributed by atoms with Gasteiger partial charge in [0.25, 0.3) is 0 Å². The Labute approximate surface area is 131 Å². The topological polar surface area (TPSA) is 96.5 Å². The summed E-state index contributed by atoms with van der Waals surface area (Å²) in [6.45, 7) is 2.96. The van der Waals surface area contributed by atoms with E-state index in [0.29, 0.717) is 11.7 Å². The smallest absolute Gasteiger partial charge is 0.329 e. The van der Waals surface area contributed by atoms with Crippen molar-refractivity contribution in [3.63, 3.8) is 0 Å². The molecule has 0 bridgehead atoms. The van der Waals surface area contributed by atoms with Gasteiger partial charge in [0, 0.05) is 30.8 Å². The minimum atomic E-state index is -1.26. The second-order valence-electron chi connectivity index (χ2n) is 5.34. The van der Waals surface area contributed by atoms with E-state index in [1.54, 1.807) is 0 Å². The molecule has 0 aliphatic rings. The summed E-state index contributed by atoms with van der Waals surface area (Å²) in [7, 11) is 1.47. The highest BCUT2D eigenvalue weighted by Gasteiger charge is 2.34. The summed E-state index contributed by atoms with van der Waals surface area (Å²) in [5.41, 5.74) is -0.385. The molecule has 0 aliphatic heterocycles. The van der Waals surface area contributed by atoms with Crippen LogP contribution >= 0.6 is 11.3 Å². The number of aliphatic carboxylic acids is 1. The number of rotatable bonds is 6. The van der Waals surface area contributed by atoms with Gasteiger partial charge in [-0.3, -0.25) is 4.79 Å². The number of carboxylic acids is 1. The molecule has 0 saturated carbocycles. The summed E-state index contributed by atoms with van der Waals surface area (Å²) < 4.78 is 5.11. The first-order valence-electron chi connectivity index (χ1n) is 6.67. The summed E-state index contributed by atoms with van der Waals surface area (Å²) in [5, 5.41) is 16.8. The van der Waals surface area contributed by atoms with Crippen LogP contribution in [0.2, 0.25) is 0 Å². The Balaban J connectivity index is 1.96. The van der Waals surface area contributed by atoms with Gasteiger partial charge in [0.15, 0.2) is 0 Å². The maximum Gasteiger partial charge on any atom is 0.329 e. The molecule has 2 rings (SSSR count). The second kappa shape index (κ2) is 6.27. The summed E-state index contributed by atoms with van der Waals surface area (Å²) in [6, 6.07) is 1.88. The van der Waals surface area contributed by atoms with Crippen LogP contribution in [-0.2, 0) is 16.0 Å². The molecule has 8 heteroatoms. The molecule has 0 fully saturated rings. The molecule has 7 nitrogen and oxygen atoms in total. The summed E-state index contributed by atoms with van der Waals surface area (Å²) in [5.74, 6) is -0.498. The van der Waals surface area contributed by atoms with Crippen LogP contribution in [0.15, 0.2) is 21.3 Å². The minimum Gasteiger partial charge on any atom is -0.480 e. The van der Waals surface area contributed by atoms with Crippen LogP contribution in [0.5, 0.6) is 0 Å². The Morgan fingerprint density at radius 2 is 2.18 bits per heavy atom. The monoisotopic (exact) mass is 323 g/mol. The van der Waals surface area contributed by atoms with E-state index in [2.05, 4.69) is 10.1 Å². The number of hydrogen-bond donors (Lipinski definition) is 1. The molecular weight excluding hydrogens is 306 g/mol. The molecule has 0 radical (unpaired) electrons. The molecule has 0 spiro atoms. The van der Waals surface area contributed by atoms with Gasteiger partial charge in [0.2, 0.25) is 17.6 Å². The van der Waals surface area contributed by atoms with Crippen molar-refractivity contribution in [2.45, 2.75) is 32.2 Å². The fourth-order valence-corrected chi connectivity index (χ4v) is 2.34. The lowest BCUT2D eigenvalue weighted by Gasteiger charge is -2.31. The van der Waals surface area contributed by atoms with Gasteiger partial charge in [0.05, 0.1) is 0 Å². The van der Waals surface area contributed by atoms with Crippen LogP contribution in [0.3, 0.4) is 0 Å². The summed E-state index contributed by atoms with van der Waals surface area (Å²) >= 11 is 1.53. The van der Waals surface area contributed by atoms with Crippen molar-refractivity contribution in [1.82, 2.24) is 15.0 Å². The van der Waals surface area contributed by atoms with Crippen LogP contribution in [0.1, 0.15) is 26.2 Å². The molecule has 2 heterocycles. The number of likely N-dealkylation sites (N-methyl/N-ethyl adjacent to an activating group) is 1. The molecule has 2 aromatic heterocycles. The highest BCUT2D eigenvalue weighted by Crippen LogP contribution is 2.19. The third kappa shape index (κ3) is 3.33. The lowest BCUT2D eigenvalue weighted by atomic mass is 10.0. The zero-order valence-corrected chi connectivity index (χ0v) is 13.4. The largest absolute Gasteiger partial charge is 0.480 e. The number of carbonyl (C=O) groups is 2. The maximum atomic E-state index is 12.1. The third-order valence-electron chi connectivity index (χ3n) is 3.54. The quantitative estimate of drug-likeness (QED) is 0.874. The molecule has 0 aliphatic carbocycles. The van der Waals surface area contributed by atoms with Crippen molar-refractivity contribution in [2.75, 3.05) is 7.05 Å². The first-order chi connectivity index (χ1) is 10.3. The van der Waals surface area contributed by atoms with Crippen LogP contribution in [0.25, 0.3) is 11.4 Å². The average molecular weight is 323 g/mol. The second-order valence-corrected chi connectivity index (χ2v) is 6.12. The van der Waals surface area contributed by atoms with Gasteiger partial charge in [-0.15, -0.1) is 0 Å². The molecule has 118 valence electrons. The number of carboxylic acid groups (broad SMARTS) is 1. The molecule has 0 saturated heterocycles. The first kappa shape index (κ1) is 16.2. The Kier molecular flexibility index (Phi) is 4.60. The Morgan fingerprint density at radius 3 is 2.77 bits per heavy atom. The predicted molar refractivity (Wildman–Crippen MR) is 80.4 cm³/mol. The van der Waals surface area contributed by atoms with Gasteiger partial charge in [0.1, 0.15) is 5.54 Å². The van der Waals surface area contributed by atoms with Crippen LogP contribution in [0, 0.1) is 0 Å². The summed E-state index contributed by atoms with van der Waals surface area (Å²) in [6.07, 6.45) is 0.383. The van der Waals surface area contributed by atoms with E-state index in [1.165, 1.54) is 37.1 Å². The molecule has 0 aromatic carbocycles. The highest BCUT2D eigenvalue weighted by atomic mass is 32.1. The third-order valence-corrected chi connectivity index (χ3v) is 4.22. The first-order valence-corrected chi connectivity index (χ1v) is 7.62. The SMILES string of the molecule is CN(C(=O)CCc1nc(-c2ccsc2)no1)C(C)(C)C(=O)O. The standard InChI is InChI=1S/C14H17N3O4S/c1-14(2,13(19)20)17(3)11(18)5-4-10-15-12(16-21-10)9-6-7-22-8-9/h6-8H,4-5H2,1-3H3,(H,19,20). The van der Waals surface area contributed by atoms with Crippen molar-refractivity contribution in [1.29, 1.82) is 0 Å². The van der Waals surface area contributed by atoms with Gasteiger partial charge in [-0.05, 0) is 25.3 Å². The van der Waals surface area contributed by atoms with E-state index < -0.39 is 11.5 Å². The lowest BCUT2D eigenvalue weighted by molar-refractivity contribution is -0.155. The van der Waals surface area contributed by atoms with Crippen molar-refractivity contribution in [3.05, 3.63) is 22.7 Å². The molecule has 0 unspecified atom stereocenters.